The van der Waals surface area contributed by atoms with E-state index in [0.29, 0.717) is 5.56 Å². The first-order valence-corrected chi connectivity index (χ1v) is 5.22. The van der Waals surface area contributed by atoms with Gasteiger partial charge in [0, 0.05) is 0 Å². The van der Waals surface area contributed by atoms with Gasteiger partial charge in [-0.05, 0) is 38.7 Å². The zero-order valence-electron chi connectivity index (χ0n) is 10.3. The van der Waals surface area contributed by atoms with Gasteiger partial charge in [0.05, 0.1) is 6.61 Å². The molecule has 0 spiro atoms. The molecule has 17 heavy (non-hydrogen) atoms. The van der Waals surface area contributed by atoms with Crippen molar-refractivity contribution in [3.63, 3.8) is 0 Å². The first-order valence-electron chi connectivity index (χ1n) is 5.22. The molecule has 0 aromatic heterocycles. The minimum Gasteiger partial charge on any atom is -0.386 e. The van der Waals surface area contributed by atoms with Crippen LogP contribution in [0, 0.1) is 5.82 Å². The maximum atomic E-state index is 12.9. The first-order chi connectivity index (χ1) is 7.50. The van der Waals surface area contributed by atoms with Crippen LogP contribution in [0.25, 0.3) is 0 Å². The Morgan fingerprint density at radius 3 is 2.59 bits per heavy atom. The molecule has 2 atom stereocenters. The number of nitrogens with zero attached hydrogens (tertiary/aromatic N) is 1. The molecule has 0 amide bonds. The zero-order valence-corrected chi connectivity index (χ0v) is 11.1. The molecule has 2 unspecified atom stereocenters. The van der Waals surface area contributed by atoms with Gasteiger partial charge in [0.1, 0.15) is 18.1 Å². The summed E-state index contributed by atoms with van der Waals surface area (Å²) in [6, 6.07) is 5.91. The lowest BCUT2D eigenvalue weighted by Crippen LogP contribution is -2.29. The minimum atomic E-state index is -0.793. The van der Waals surface area contributed by atoms with Gasteiger partial charge in [-0.2, -0.15) is 0 Å². The lowest BCUT2D eigenvalue weighted by atomic mass is 10.1. The van der Waals surface area contributed by atoms with Gasteiger partial charge in [0.2, 0.25) is 0 Å². The molecular weight excluding hydrogens is 245 g/mol. The highest BCUT2D eigenvalue weighted by molar-refractivity contribution is 5.85. The average molecular weight is 264 g/mol. The highest BCUT2D eigenvalue weighted by atomic mass is 35.5. The summed E-state index contributed by atoms with van der Waals surface area (Å²) >= 11 is 0. The molecule has 98 valence electrons. The van der Waals surface area contributed by atoms with Crippen LogP contribution in [0.1, 0.15) is 18.6 Å². The molecule has 0 aliphatic heterocycles. The van der Waals surface area contributed by atoms with Gasteiger partial charge in [-0.1, -0.05) is 12.1 Å². The quantitative estimate of drug-likeness (QED) is 0.827. The lowest BCUT2D eigenvalue weighted by molar-refractivity contribution is -0.0603. The van der Waals surface area contributed by atoms with Crippen molar-refractivity contribution in [2.75, 3.05) is 20.7 Å². The summed E-state index contributed by atoms with van der Waals surface area (Å²) in [7, 11) is 3.78. The third-order valence-electron chi connectivity index (χ3n) is 2.46. The standard InChI is InChI=1S/C12H18FNO2.ClH/c1-9(14(2)3)16-8-12(15)10-5-4-6-11(13)7-10;/h4-7,9,12,15H,8H2,1-3H3;1H. The molecule has 0 heterocycles. The molecule has 0 radical (unpaired) electrons. The Balaban J connectivity index is 0.00000256. The maximum absolute atomic E-state index is 12.9. The molecule has 3 nitrogen and oxygen atoms in total. The van der Waals surface area contributed by atoms with E-state index >= 15 is 0 Å². The minimum absolute atomic E-state index is 0. The fraction of sp³-hybridized carbons (Fsp3) is 0.500. The summed E-state index contributed by atoms with van der Waals surface area (Å²) < 4.78 is 18.3. The number of hydrogen-bond acceptors (Lipinski definition) is 3. The van der Waals surface area contributed by atoms with E-state index in [4.69, 9.17) is 4.74 Å². The van der Waals surface area contributed by atoms with E-state index < -0.39 is 6.10 Å². The summed E-state index contributed by atoms with van der Waals surface area (Å²) in [5, 5.41) is 9.77. The largest absolute Gasteiger partial charge is 0.386 e. The number of aliphatic hydroxyl groups excluding tert-OH is 1. The van der Waals surface area contributed by atoms with Crippen LogP contribution in [0.4, 0.5) is 4.39 Å². The van der Waals surface area contributed by atoms with Crippen LogP contribution in [-0.2, 0) is 4.74 Å². The predicted molar refractivity (Wildman–Crippen MR) is 67.7 cm³/mol. The number of hydrogen-bond donors (Lipinski definition) is 1. The molecule has 5 heteroatoms. The molecule has 0 fully saturated rings. The van der Waals surface area contributed by atoms with Crippen molar-refractivity contribution in [3.05, 3.63) is 35.6 Å². The van der Waals surface area contributed by atoms with Gasteiger partial charge >= 0.3 is 0 Å². The molecule has 1 aromatic rings. The Labute approximate surface area is 108 Å². The summed E-state index contributed by atoms with van der Waals surface area (Å²) in [5.41, 5.74) is 0.533. The average Bonchev–Trinajstić information content (AvgIpc) is 2.25. The van der Waals surface area contributed by atoms with Crippen molar-refractivity contribution >= 4 is 12.4 Å². The van der Waals surface area contributed by atoms with Crippen LogP contribution in [0.15, 0.2) is 24.3 Å². The molecule has 1 N–H and O–H groups in total. The molecular formula is C12H19ClFNO2. The van der Waals surface area contributed by atoms with Crippen molar-refractivity contribution in [2.24, 2.45) is 0 Å². The van der Waals surface area contributed by atoms with E-state index in [1.54, 1.807) is 12.1 Å². The topological polar surface area (TPSA) is 32.7 Å². The third-order valence-corrected chi connectivity index (χ3v) is 2.46. The van der Waals surface area contributed by atoms with Crippen LogP contribution in [0.5, 0.6) is 0 Å². The summed E-state index contributed by atoms with van der Waals surface area (Å²) in [4.78, 5) is 1.89. The molecule has 1 aromatic carbocycles. The van der Waals surface area contributed by atoms with Gasteiger partial charge in [-0.15, -0.1) is 12.4 Å². The van der Waals surface area contributed by atoms with Crippen molar-refractivity contribution in [2.45, 2.75) is 19.3 Å². The van der Waals surface area contributed by atoms with Gasteiger partial charge < -0.3 is 9.84 Å². The Morgan fingerprint density at radius 2 is 2.06 bits per heavy atom. The number of rotatable bonds is 5. The van der Waals surface area contributed by atoms with Gasteiger partial charge in [0.15, 0.2) is 0 Å². The first kappa shape index (κ1) is 16.3. The SMILES string of the molecule is CC(OCC(O)c1cccc(F)c1)N(C)C.Cl. The van der Waals surface area contributed by atoms with E-state index in [0.717, 1.165) is 0 Å². The van der Waals surface area contributed by atoms with E-state index in [-0.39, 0.29) is 31.1 Å². The van der Waals surface area contributed by atoms with Crippen molar-refractivity contribution < 1.29 is 14.2 Å². The highest BCUT2D eigenvalue weighted by Crippen LogP contribution is 2.15. The highest BCUT2D eigenvalue weighted by Gasteiger charge is 2.11. The van der Waals surface area contributed by atoms with E-state index in [9.17, 15) is 9.50 Å². The Morgan fingerprint density at radius 1 is 1.41 bits per heavy atom. The van der Waals surface area contributed by atoms with Crippen LogP contribution in [-0.4, -0.2) is 36.9 Å². The summed E-state index contributed by atoms with van der Waals surface area (Å²) in [5.74, 6) is -0.350. The van der Waals surface area contributed by atoms with Gasteiger partial charge in [0.25, 0.3) is 0 Å². The Bertz CT molecular complexity index is 336. The van der Waals surface area contributed by atoms with E-state index in [2.05, 4.69) is 0 Å². The van der Waals surface area contributed by atoms with Crippen molar-refractivity contribution in [1.82, 2.24) is 4.90 Å². The molecule has 0 aliphatic carbocycles. The fourth-order valence-corrected chi connectivity index (χ4v) is 1.19. The van der Waals surface area contributed by atoms with Crippen LogP contribution in [0.2, 0.25) is 0 Å². The summed E-state index contributed by atoms with van der Waals surface area (Å²) in [6.45, 7) is 2.04. The van der Waals surface area contributed by atoms with E-state index in [1.807, 2.05) is 25.9 Å². The van der Waals surface area contributed by atoms with Crippen molar-refractivity contribution in [1.29, 1.82) is 0 Å². The van der Waals surface area contributed by atoms with Crippen LogP contribution >= 0.6 is 12.4 Å². The van der Waals surface area contributed by atoms with E-state index in [1.165, 1.54) is 12.1 Å². The van der Waals surface area contributed by atoms with Gasteiger partial charge in [-0.25, -0.2) is 4.39 Å². The lowest BCUT2D eigenvalue weighted by Gasteiger charge is -2.22. The van der Waals surface area contributed by atoms with Crippen LogP contribution < -0.4 is 0 Å². The molecule has 0 aliphatic rings. The Hall–Kier alpha value is -0.680. The zero-order chi connectivity index (χ0) is 12.1. The predicted octanol–water partition coefficient (Wildman–Crippen LogP) is 2.21. The smallest absolute Gasteiger partial charge is 0.123 e. The Kier molecular flexibility index (Phi) is 7.30. The second-order valence-electron chi connectivity index (χ2n) is 3.97. The number of ether oxygens (including phenoxy) is 1. The normalized spacial score (nSPS) is 14.2. The number of aliphatic hydroxyl groups is 1. The molecule has 1 rings (SSSR count). The van der Waals surface area contributed by atoms with Crippen molar-refractivity contribution in [3.8, 4) is 0 Å². The third kappa shape index (κ3) is 5.46. The second kappa shape index (κ2) is 7.61. The van der Waals surface area contributed by atoms with Crippen LogP contribution in [0.3, 0.4) is 0 Å². The molecule has 0 saturated heterocycles. The summed E-state index contributed by atoms with van der Waals surface area (Å²) in [6.07, 6.45) is -0.874. The second-order valence-corrected chi connectivity index (χ2v) is 3.97. The molecule has 0 bridgehead atoms. The van der Waals surface area contributed by atoms with Gasteiger partial charge in [-0.3, -0.25) is 4.90 Å². The molecule has 0 saturated carbocycles. The number of halogens is 2. The fourth-order valence-electron chi connectivity index (χ4n) is 1.19. The number of benzene rings is 1. The monoisotopic (exact) mass is 263 g/mol. The maximum Gasteiger partial charge on any atom is 0.123 e.